The highest BCUT2D eigenvalue weighted by atomic mass is 32.2. The van der Waals surface area contributed by atoms with Crippen LogP contribution in [0.5, 0.6) is 0 Å². The Labute approximate surface area is 129 Å². The summed E-state index contributed by atoms with van der Waals surface area (Å²) < 4.78 is 0. The summed E-state index contributed by atoms with van der Waals surface area (Å²) in [6.45, 7) is 3.37. The number of hydrogen-bond acceptors (Lipinski definition) is 3. The predicted molar refractivity (Wildman–Crippen MR) is 94.0 cm³/mol. The monoisotopic (exact) mass is 294 g/mol. The van der Waals surface area contributed by atoms with Crippen LogP contribution < -0.4 is 10.2 Å². The van der Waals surface area contributed by atoms with E-state index in [0.29, 0.717) is 6.04 Å². The standard InChI is InChI=1S/C17H30N2S/c1-15(18-13-7-5-6-8-14-20-4)16-9-11-17(12-10-16)19(2)3/h9-12,15,18H,5-8,13-14H2,1-4H3. The van der Waals surface area contributed by atoms with E-state index < -0.39 is 0 Å². The molecule has 0 radical (unpaired) electrons. The van der Waals surface area contributed by atoms with Crippen molar-refractivity contribution in [3.05, 3.63) is 29.8 Å². The molecular formula is C17H30N2S. The fourth-order valence-electron chi connectivity index (χ4n) is 2.22. The van der Waals surface area contributed by atoms with E-state index in [0.717, 1.165) is 6.54 Å². The van der Waals surface area contributed by atoms with Crippen molar-refractivity contribution in [1.29, 1.82) is 0 Å². The van der Waals surface area contributed by atoms with Gasteiger partial charge in [-0.1, -0.05) is 25.0 Å². The molecule has 20 heavy (non-hydrogen) atoms. The maximum Gasteiger partial charge on any atom is 0.0361 e. The van der Waals surface area contributed by atoms with Crippen LogP contribution in [-0.2, 0) is 0 Å². The molecule has 1 rings (SSSR count). The van der Waals surface area contributed by atoms with Gasteiger partial charge < -0.3 is 10.2 Å². The molecule has 1 N–H and O–H groups in total. The minimum absolute atomic E-state index is 0.442. The molecule has 2 nitrogen and oxygen atoms in total. The van der Waals surface area contributed by atoms with Gasteiger partial charge in [-0.05, 0) is 56.0 Å². The van der Waals surface area contributed by atoms with Gasteiger partial charge in [-0.25, -0.2) is 0 Å². The van der Waals surface area contributed by atoms with Crippen LogP contribution in [0.25, 0.3) is 0 Å². The summed E-state index contributed by atoms with van der Waals surface area (Å²) in [5, 5.41) is 3.62. The molecule has 0 aliphatic heterocycles. The van der Waals surface area contributed by atoms with Crippen molar-refractivity contribution in [2.75, 3.05) is 37.5 Å². The molecule has 1 atom stereocenters. The minimum Gasteiger partial charge on any atom is -0.378 e. The summed E-state index contributed by atoms with van der Waals surface area (Å²) in [6, 6.07) is 9.28. The first-order valence-corrected chi connectivity index (χ1v) is 9.04. The van der Waals surface area contributed by atoms with Gasteiger partial charge in [0, 0.05) is 25.8 Å². The second-order valence-electron chi connectivity index (χ2n) is 5.57. The van der Waals surface area contributed by atoms with Crippen LogP contribution >= 0.6 is 11.8 Å². The number of rotatable bonds is 10. The maximum atomic E-state index is 3.62. The highest BCUT2D eigenvalue weighted by Crippen LogP contribution is 2.17. The van der Waals surface area contributed by atoms with Gasteiger partial charge in [0.05, 0.1) is 0 Å². The Morgan fingerprint density at radius 2 is 1.70 bits per heavy atom. The average Bonchev–Trinajstić information content (AvgIpc) is 2.46. The molecule has 0 spiro atoms. The summed E-state index contributed by atoms with van der Waals surface area (Å²) in [5.41, 5.74) is 2.63. The Morgan fingerprint density at radius 3 is 2.30 bits per heavy atom. The van der Waals surface area contributed by atoms with Gasteiger partial charge in [-0.3, -0.25) is 0 Å². The highest BCUT2D eigenvalue weighted by Gasteiger charge is 2.04. The van der Waals surface area contributed by atoms with Crippen molar-refractivity contribution in [1.82, 2.24) is 5.32 Å². The summed E-state index contributed by atoms with van der Waals surface area (Å²) in [5.74, 6) is 1.31. The lowest BCUT2D eigenvalue weighted by molar-refractivity contribution is 0.537. The third kappa shape index (κ3) is 6.67. The Bertz CT molecular complexity index is 349. The largest absolute Gasteiger partial charge is 0.378 e. The zero-order valence-corrected chi connectivity index (χ0v) is 14.3. The number of nitrogens with zero attached hydrogens (tertiary/aromatic N) is 1. The Morgan fingerprint density at radius 1 is 1.05 bits per heavy atom. The minimum atomic E-state index is 0.442. The topological polar surface area (TPSA) is 15.3 Å². The number of unbranched alkanes of at least 4 members (excludes halogenated alkanes) is 3. The van der Waals surface area contributed by atoms with Crippen LogP contribution in [0.1, 0.15) is 44.2 Å². The maximum absolute atomic E-state index is 3.62. The van der Waals surface area contributed by atoms with Crippen LogP contribution in [0, 0.1) is 0 Å². The molecule has 3 heteroatoms. The Balaban J connectivity index is 2.20. The normalized spacial score (nSPS) is 12.4. The zero-order valence-electron chi connectivity index (χ0n) is 13.5. The van der Waals surface area contributed by atoms with E-state index in [-0.39, 0.29) is 0 Å². The summed E-state index contributed by atoms with van der Waals surface area (Å²) in [4.78, 5) is 2.14. The van der Waals surface area contributed by atoms with Crippen molar-refractivity contribution in [3.63, 3.8) is 0 Å². The van der Waals surface area contributed by atoms with Crippen LogP contribution in [0.4, 0.5) is 5.69 Å². The number of benzene rings is 1. The Kier molecular flexibility index (Phi) is 8.79. The van der Waals surface area contributed by atoms with Crippen molar-refractivity contribution in [2.24, 2.45) is 0 Å². The van der Waals surface area contributed by atoms with E-state index in [9.17, 15) is 0 Å². The van der Waals surface area contributed by atoms with E-state index in [1.807, 2.05) is 11.8 Å². The smallest absolute Gasteiger partial charge is 0.0361 e. The second kappa shape index (κ2) is 10.1. The lowest BCUT2D eigenvalue weighted by Gasteiger charge is -2.17. The van der Waals surface area contributed by atoms with E-state index >= 15 is 0 Å². The summed E-state index contributed by atoms with van der Waals surface area (Å²) >= 11 is 1.95. The van der Waals surface area contributed by atoms with Crippen molar-refractivity contribution >= 4 is 17.4 Å². The van der Waals surface area contributed by atoms with Crippen LogP contribution in [0.2, 0.25) is 0 Å². The molecule has 1 aromatic rings. The van der Waals surface area contributed by atoms with Gasteiger partial charge in [0.2, 0.25) is 0 Å². The van der Waals surface area contributed by atoms with E-state index in [1.54, 1.807) is 0 Å². The first-order valence-electron chi connectivity index (χ1n) is 7.64. The zero-order chi connectivity index (χ0) is 14.8. The Hall–Kier alpha value is -0.670. The molecule has 1 unspecified atom stereocenters. The van der Waals surface area contributed by atoms with Crippen LogP contribution in [0.3, 0.4) is 0 Å². The molecule has 0 fully saturated rings. The number of nitrogens with one attached hydrogen (secondary N) is 1. The lowest BCUT2D eigenvalue weighted by Crippen LogP contribution is -2.20. The van der Waals surface area contributed by atoms with Gasteiger partial charge in [0.25, 0.3) is 0 Å². The molecule has 0 saturated carbocycles. The van der Waals surface area contributed by atoms with Gasteiger partial charge in [-0.15, -0.1) is 0 Å². The fourth-order valence-corrected chi connectivity index (χ4v) is 2.72. The summed E-state index contributed by atoms with van der Waals surface area (Å²) in [7, 11) is 4.15. The molecular weight excluding hydrogens is 264 g/mol. The van der Waals surface area contributed by atoms with Gasteiger partial charge in [-0.2, -0.15) is 11.8 Å². The first kappa shape index (κ1) is 17.4. The highest BCUT2D eigenvalue weighted by molar-refractivity contribution is 7.98. The van der Waals surface area contributed by atoms with Crippen molar-refractivity contribution in [2.45, 2.75) is 38.6 Å². The van der Waals surface area contributed by atoms with Crippen molar-refractivity contribution in [3.8, 4) is 0 Å². The molecule has 0 amide bonds. The van der Waals surface area contributed by atoms with Gasteiger partial charge in [0.1, 0.15) is 0 Å². The third-order valence-electron chi connectivity index (χ3n) is 3.64. The molecule has 1 aromatic carbocycles. The number of thioether (sulfide) groups is 1. The quantitative estimate of drug-likeness (QED) is 0.647. The third-order valence-corrected chi connectivity index (χ3v) is 4.33. The molecule has 0 aromatic heterocycles. The number of anilines is 1. The van der Waals surface area contributed by atoms with Crippen LogP contribution in [-0.4, -0.2) is 32.6 Å². The second-order valence-corrected chi connectivity index (χ2v) is 6.55. The number of hydrogen-bond donors (Lipinski definition) is 1. The fraction of sp³-hybridized carbons (Fsp3) is 0.647. The first-order chi connectivity index (χ1) is 9.65. The predicted octanol–water partition coefficient (Wildman–Crippen LogP) is 4.33. The lowest BCUT2D eigenvalue weighted by atomic mass is 10.1. The molecule has 0 saturated heterocycles. The van der Waals surface area contributed by atoms with E-state index in [2.05, 4.69) is 61.8 Å². The molecule has 0 bridgehead atoms. The molecule has 0 heterocycles. The molecule has 0 aliphatic carbocycles. The van der Waals surface area contributed by atoms with Gasteiger partial charge in [0.15, 0.2) is 0 Å². The van der Waals surface area contributed by atoms with E-state index in [4.69, 9.17) is 0 Å². The summed E-state index contributed by atoms with van der Waals surface area (Å²) in [6.07, 6.45) is 7.55. The average molecular weight is 295 g/mol. The SMILES string of the molecule is CSCCCCCCNC(C)c1ccc(N(C)C)cc1. The van der Waals surface area contributed by atoms with Crippen LogP contribution in [0.15, 0.2) is 24.3 Å². The van der Waals surface area contributed by atoms with Gasteiger partial charge >= 0.3 is 0 Å². The molecule has 0 aliphatic rings. The van der Waals surface area contributed by atoms with E-state index in [1.165, 1.54) is 42.7 Å². The van der Waals surface area contributed by atoms with Crippen molar-refractivity contribution < 1.29 is 0 Å². The molecule has 114 valence electrons.